The minimum atomic E-state index is -1.58. The Morgan fingerprint density at radius 1 is 0.508 bits per heavy atom. The molecular formula is C49H82N10O4. The van der Waals surface area contributed by atoms with Crippen LogP contribution >= 0.6 is 0 Å². The molecule has 8 N–H and O–H groups in total. The molecule has 2 atom stereocenters. The van der Waals surface area contributed by atoms with Crippen LogP contribution in [-0.2, 0) is 31.9 Å². The molecule has 0 bridgehead atoms. The molecule has 2 aliphatic rings. The van der Waals surface area contributed by atoms with Gasteiger partial charge in [-0.1, -0.05) is 164 Å². The maximum absolute atomic E-state index is 13.9. The molecule has 14 heteroatoms. The van der Waals surface area contributed by atoms with E-state index in [1.165, 1.54) is 77.0 Å². The fourth-order valence-electron chi connectivity index (χ4n) is 7.96. The molecule has 0 amide bonds. The van der Waals surface area contributed by atoms with E-state index in [4.69, 9.17) is 19.5 Å². The smallest absolute Gasteiger partial charge is 0.321 e. The van der Waals surface area contributed by atoms with Crippen molar-refractivity contribution in [1.82, 2.24) is 42.5 Å². The van der Waals surface area contributed by atoms with Crippen LogP contribution in [0.4, 0.5) is 0 Å². The van der Waals surface area contributed by atoms with Crippen LogP contribution in [0.25, 0.3) is 0 Å². The summed E-state index contributed by atoms with van der Waals surface area (Å²) >= 11 is 0. The predicted octanol–water partition coefficient (Wildman–Crippen LogP) is 7.38. The Balaban J connectivity index is 1.42. The maximum atomic E-state index is 13.9. The van der Waals surface area contributed by atoms with E-state index in [0.717, 1.165) is 36.8 Å². The lowest BCUT2D eigenvalue weighted by molar-refractivity contribution is -0.188. The minimum Gasteiger partial charge on any atom is -0.410 e. The molecule has 0 fully saturated rings. The third-order valence-corrected chi connectivity index (χ3v) is 11.1. The minimum absolute atomic E-state index is 0.453. The lowest BCUT2D eigenvalue weighted by Crippen LogP contribution is -2.78. The highest BCUT2D eigenvalue weighted by Crippen LogP contribution is 2.20. The van der Waals surface area contributed by atoms with E-state index < -0.39 is 41.6 Å². The van der Waals surface area contributed by atoms with Crippen LogP contribution in [0.3, 0.4) is 0 Å². The second-order valence-electron chi connectivity index (χ2n) is 18.2. The van der Waals surface area contributed by atoms with Crippen LogP contribution in [0.15, 0.2) is 70.6 Å². The van der Waals surface area contributed by atoms with Crippen molar-refractivity contribution in [3.63, 3.8) is 0 Å². The Bertz CT molecular complexity index is 1550. The van der Waals surface area contributed by atoms with Gasteiger partial charge < -0.3 is 20.1 Å². The zero-order chi connectivity index (χ0) is 45.3. The van der Waals surface area contributed by atoms with Crippen LogP contribution in [0.5, 0.6) is 0 Å². The monoisotopic (exact) mass is 875 g/mol. The number of carbonyl (C=O) groups excluding carboxylic acids is 2. The largest absolute Gasteiger partial charge is 0.410 e. The summed E-state index contributed by atoms with van der Waals surface area (Å²) in [6.45, 7) is 14.5. The molecule has 0 spiro atoms. The van der Waals surface area contributed by atoms with Gasteiger partial charge >= 0.3 is 23.9 Å². The van der Waals surface area contributed by atoms with Crippen molar-refractivity contribution in [3.8, 4) is 0 Å². The van der Waals surface area contributed by atoms with Crippen molar-refractivity contribution in [3.05, 3.63) is 71.8 Å². The molecule has 352 valence electrons. The second kappa shape index (κ2) is 27.2. The van der Waals surface area contributed by atoms with Gasteiger partial charge in [-0.2, -0.15) is 0 Å². The number of guanidine groups is 2. The molecule has 2 unspecified atom stereocenters. The summed E-state index contributed by atoms with van der Waals surface area (Å²) in [5.41, 5.74) is 0.586. The van der Waals surface area contributed by atoms with Gasteiger partial charge in [-0.05, 0) is 64.5 Å². The SMILES string of the molecule is CCCCCCCCCCNC1=NC(C)(C)NC(NCCc2ccccc2)(OC(=O)CC(=O)OC2(NCCc3ccccc3)NC(NCCCCCCCCCC)=NC(C)(C)N2)N1. The van der Waals surface area contributed by atoms with Crippen LogP contribution in [0.1, 0.15) is 162 Å². The van der Waals surface area contributed by atoms with Crippen molar-refractivity contribution < 1.29 is 19.1 Å². The highest BCUT2D eigenvalue weighted by atomic mass is 16.6. The molecule has 2 aliphatic heterocycles. The number of benzene rings is 2. The summed E-state index contributed by atoms with van der Waals surface area (Å²) in [4.78, 5) is 37.6. The number of nitrogens with zero attached hydrogens (tertiary/aromatic N) is 2. The number of hydrogen-bond donors (Lipinski definition) is 8. The first-order chi connectivity index (χ1) is 30.3. The summed E-state index contributed by atoms with van der Waals surface area (Å²) in [7, 11) is 0. The fourth-order valence-corrected chi connectivity index (χ4v) is 7.96. The van der Waals surface area contributed by atoms with Gasteiger partial charge in [0, 0.05) is 26.2 Å². The van der Waals surface area contributed by atoms with Gasteiger partial charge in [-0.25, -0.2) is 31.3 Å². The third-order valence-electron chi connectivity index (χ3n) is 11.1. The number of unbranched alkanes of at least 4 members (excludes halogenated alkanes) is 14. The molecule has 0 radical (unpaired) electrons. The van der Waals surface area contributed by atoms with Crippen molar-refractivity contribution in [2.24, 2.45) is 9.98 Å². The molecule has 2 heterocycles. The molecule has 0 aromatic heterocycles. The highest BCUT2D eigenvalue weighted by Gasteiger charge is 2.46. The number of hydrogen-bond acceptors (Lipinski definition) is 14. The van der Waals surface area contributed by atoms with Gasteiger partial charge in [-0.15, -0.1) is 0 Å². The van der Waals surface area contributed by atoms with Crippen molar-refractivity contribution in [2.45, 2.75) is 187 Å². The summed E-state index contributed by atoms with van der Waals surface area (Å²) in [5.74, 6) is -3.74. The molecule has 63 heavy (non-hydrogen) atoms. The highest BCUT2D eigenvalue weighted by molar-refractivity contribution is 5.92. The number of nitrogens with one attached hydrogen (secondary N) is 8. The fraction of sp³-hybridized carbons (Fsp3) is 0.673. The van der Waals surface area contributed by atoms with E-state index in [0.29, 0.717) is 50.9 Å². The lowest BCUT2D eigenvalue weighted by Gasteiger charge is -2.45. The Morgan fingerprint density at radius 3 is 1.22 bits per heavy atom. The van der Waals surface area contributed by atoms with Gasteiger partial charge in [-0.3, -0.25) is 20.2 Å². The van der Waals surface area contributed by atoms with E-state index >= 15 is 0 Å². The van der Waals surface area contributed by atoms with Crippen LogP contribution in [0.2, 0.25) is 0 Å². The van der Waals surface area contributed by atoms with Gasteiger partial charge in [0.05, 0.1) is 0 Å². The summed E-state index contributed by atoms with van der Waals surface area (Å²) in [5, 5.41) is 27.0. The van der Waals surface area contributed by atoms with Crippen molar-refractivity contribution in [2.75, 3.05) is 26.2 Å². The Hall–Kier alpha value is -4.24. The van der Waals surface area contributed by atoms with Gasteiger partial charge in [0.15, 0.2) is 11.9 Å². The zero-order valence-corrected chi connectivity index (χ0v) is 39.6. The molecule has 2 aromatic rings. The Labute approximate surface area is 379 Å². The number of esters is 2. The van der Waals surface area contributed by atoms with E-state index in [-0.39, 0.29) is 0 Å². The van der Waals surface area contributed by atoms with E-state index in [1.54, 1.807) is 0 Å². The number of carbonyl (C=O) groups is 2. The van der Waals surface area contributed by atoms with Crippen LogP contribution < -0.4 is 42.5 Å². The van der Waals surface area contributed by atoms with Crippen molar-refractivity contribution >= 4 is 23.9 Å². The first-order valence-electron chi connectivity index (χ1n) is 24.2. The first kappa shape index (κ1) is 51.4. The molecule has 0 saturated heterocycles. The van der Waals surface area contributed by atoms with Crippen LogP contribution in [-0.4, -0.2) is 73.3 Å². The first-order valence-corrected chi connectivity index (χ1v) is 24.2. The number of rotatable bonds is 30. The lowest BCUT2D eigenvalue weighted by atomic mass is 10.1. The number of aliphatic imine (C=N–C) groups is 2. The summed E-state index contributed by atoms with van der Waals surface area (Å²) in [6, 6.07) is 20.2. The third kappa shape index (κ3) is 20.4. The Kier molecular flexibility index (Phi) is 22.2. The van der Waals surface area contributed by atoms with Gasteiger partial charge in [0.1, 0.15) is 17.7 Å². The molecule has 14 nitrogen and oxygen atoms in total. The summed E-state index contributed by atoms with van der Waals surface area (Å²) < 4.78 is 12.4. The van der Waals surface area contributed by atoms with Crippen molar-refractivity contribution in [1.29, 1.82) is 0 Å². The second-order valence-corrected chi connectivity index (χ2v) is 18.2. The zero-order valence-electron chi connectivity index (χ0n) is 39.6. The van der Waals surface area contributed by atoms with Gasteiger partial charge in [0.25, 0.3) is 0 Å². The molecule has 0 aliphatic carbocycles. The van der Waals surface area contributed by atoms with E-state index in [1.807, 2.05) is 64.1 Å². The molecule has 2 aromatic carbocycles. The average Bonchev–Trinajstić information content (AvgIpc) is 3.22. The topological polar surface area (TPSA) is 174 Å². The van der Waals surface area contributed by atoms with E-state index in [2.05, 4.69) is 80.6 Å². The quantitative estimate of drug-likeness (QED) is 0.0170. The predicted molar refractivity (Wildman–Crippen MR) is 255 cm³/mol. The number of ether oxygens (including phenoxy) is 2. The molecular weight excluding hydrogens is 793 g/mol. The normalized spacial score (nSPS) is 20.1. The van der Waals surface area contributed by atoms with E-state index in [9.17, 15) is 9.59 Å². The van der Waals surface area contributed by atoms with Gasteiger partial charge in [0.2, 0.25) is 0 Å². The maximum Gasteiger partial charge on any atom is 0.321 e. The summed E-state index contributed by atoms with van der Waals surface area (Å²) in [6.07, 6.45) is 20.1. The van der Waals surface area contributed by atoms with Crippen LogP contribution in [0, 0.1) is 0 Å². The molecule has 0 saturated carbocycles. The Morgan fingerprint density at radius 2 is 0.857 bits per heavy atom. The standard InChI is InChI=1S/C49H82N10O4/c1-7-9-11-13-15-17-19-27-35-50-44-54-46(3,4)58-48(56-44,52-37-33-40-29-23-21-24-30-40)62-42(60)39-43(61)63-49(53-38-34-41-31-25-22-26-32-41)57-45(55-47(5,6)59-49)51-36-28-20-18-16-14-12-10-8-2/h21-26,29-32,52-53,58-59H,7-20,27-28,33-39H2,1-6H3,(H2,50,54,56)(H2,51,55,57). The average molecular weight is 875 g/mol. The molecule has 4 rings (SSSR count).